The Morgan fingerprint density at radius 1 is 1.07 bits per heavy atom. The first-order chi connectivity index (χ1) is 12.9. The van der Waals surface area contributed by atoms with Gasteiger partial charge < -0.3 is 14.5 Å². The number of anilines is 2. The van der Waals surface area contributed by atoms with Gasteiger partial charge in [0.25, 0.3) is 0 Å². The van der Waals surface area contributed by atoms with Crippen LogP contribution in [0.25, 0.3) is 11.0 Å². The molecule has 140 valence electrons. The van der Waals surface area contributed by atoms with E-state index in [9.17, 15) is 9.59 Å². The lowest BCUT2D eigenvalue weighted by molar-refractivity contribution is 0.101. The van der Waals surface area contributed by atoms with Crippen LogP contribution >= 0.6 is 11.9 Å². The van der Waals surface area contributed by atoms with Gasteiger partial charge in [0.05, 0.1) is 0 Å². The molecule has 2 aromatic carbocycles. The van der Waals surface area contributed by atoms with Gasteiger partial charge in [-0.2, -0.15) is 0 Å². The fourth-order valence-corrected chi connectivity index (χ4v) is 3.07. The van der Waals surface area contributed by atoms with E-state index in [0.29, 0.717) is 17.4 Å². The highest BCUT2D eigenvalue weighted by molar-refractivity contribution is 8.01. The van der Waals surface area contributed by atoms with Gasteiger partial charge in [0.2, 0.25) is 0 Å². The second kappa shape index (κ2) is 8.31. The second-order valence-electron chi connectivity index (χ2n) is 6.58. The van der Waals surface area contributed by atoms with E-state index in [0.717, 1.165) is 22.3 Å². The molecule has 0 atom stereocenters. The van der Waals surface area contributed by atoms with Gasteiger partial charge in [0.1, 0.15) is 11.1 Å². The topological polar surface area (TPSA) is 71.3 Å². The Labute approximate surface area is 162 Å². The van der Waals surface area contributed by atoms with Crippen LogP contribution in [0.15, 0.2) is 57.7 Å². The molecular formula is C21H22N2O3S. The molecule has 0 unspecified atom stereocenters. The lowest BCUT2D eigenvalue weighted by atomic mass is 10.1. The second-order valence-corrected chi connectivity index (χ2v) is 7.96. The first kappa shape index (κ1) is 19.0. The van der Waals surface area contributed by atoms with Crippen molar-refractivity contribution in [1.29, 1.82) is 0 Å². The van der Waals surface area contributed by atoms with Crippen LogP contribution in [0, 0.1) is 0 Å². The predicted molar refractivity (Wildman–Crippen MR) is 113 cm³/mol. The molecule has 6 heteroatoms. The largest absolute Gasteiger partial charge is 0.422 e. The number of carbonyl (C=O) groups is 1. The number of ketones is 1. The monoisotopic (exact) mass is 382 g/mol. The summed E-state index contributed by atoms with van der Waals surface area (Å²) in [5.41, 5.74) is 3.06. The van der Waals surface area contributed by atoms with Crippen LogP contribution in [0.5, 0.6) is 0 Å². The molecule has 5 nitrogen and oxygen atoms in total. The molecule has 2 N–H and O–H groups in total. The van der Waals surface area contributed by atoms with Crippen LogP contribution < -0.4 is 15.7 Å². The maximum Gasteiger partial charge on any atom is 0.347 e. The molecule has 1 heterocycles. The predicted octanol–water partition coefficient (Wildman–Crippen LogP) is 5.08. The van der Waals surface area contributed by atoms with Crippen molar-refractivity contribution in [2.45, 2.75) is 32.6 Å². The van der Waals surface area contributed by atoms with Crippen molar-refractivity contribution in [1.82, 2.24) is 0 Å². The van der Waals surface area contributed by atoms with Gasteiger partial charge in [-0.1, -0.05) is 26.0 Å². The normalized spacial score (nSPS) is 11.0. The summed E-state index contributed by atoms with van der Waals surface area (Å²) in [6.07, 6.45) is 0. The Hall–Kier alpha value is -2.73. The van der Waals surface area contributed by atoms with Crippen LogP contribution in [0.1, 0.15) is 36.7 Å². The number of hydrogen-bond donors (Lipinski definition) is 2. The summed E-state index contributed by atoms with van der Waals surface area (Å²) in [5, 5.41) is 4.59. The van der Waals surface area contributed by atoms with Gasteiger partial charge >= 0.3 is 5.63 Å². The van der Waals surface area contributed by atoms with E-state index in [4.69, 9.17) is 4.42 Å². The molecule has 3 aromatic rings. The third-order valence-corrected chi connectivity index (χ3v) is 4.80. The molecule has 0 amide bonds. The van der Waals surface area contributed by atoms with Crippen molar-refractivity contribution in [3.63, 3.8) is 0 Å². The number of Topliss-reactive ketones (excluding diaryl/α,β-unsaturated/α-hetero) is 1. The van der Waals surface area contributed by atoms with Crippen LogP contribution in [-0.2, 0) is 6.54 Å². The maximum atomic E-state index is 11.8. The highest BCUT2D eigenvalue weighted by Crippen LogP contribution is 2.21. The van der Waals surface area contributed by atoms with Gasteiger partial charge in [0.15, 0.2) is 5.78 Å². The van der Waals surface area contributed by atoms with Crippen molar-refractivity contribution in [2.24, 2.45) is 0 Å². The van der Waals surface area contributed by atoms with Crippen molar-refractivity contribution in [2.75, 3.05) is 10.0 Å². The molecular weight excluding hydrogens is 360 g/mol. The summed E-state index contributed by atoms with van der Waals surface area (Å²) < 4.78 is 8.53. The first-order valence-corrected chi connectivity index (χ1v) is 9.63. The molecule has 0 aliphatic carbocycles. The van der Waals surface area contributed by atoms with Gasteiger partial charge in [-0.3, -0.25) is 4.79 Å². The maximum absolute atomic E-state index is 11.8. The van der Waals surface area contributed by atoms with Crippen molar-refractivity contribution >= 4 is 40.1 Å². The zero-order chi connectivity index (χ0) is 19.4. The third-order valence-electron chi connectivity index (χ3n) is 3.97. The number of nitrogens with one attached hydrogen (secondary N) is 2. The van der Waals surface area contributed by atoms with Crippen molar-refractivity contribution in [3.8, 4) is 0 Å². The average Bonchev–Trinajstić information content (AvgIpc) is 2.64. The molecule has 1 aromatic heterocycles. The summed E-state index contributed by atoms with van der Waals surface area (Å²) in [6.45, 7) is 6.31. The van der Waals surface area contributed by atoms with Gasteiger partial charge in [-0.05, 0) is 60.8 Å². The average molecular weight is 382 g/mol. The van der Waals surface area contributed by atoms with Crippen LogP contribution in [0.4, 0.5) is 11.4 Å². The SMILES string of the molecule is CC(=O)c1cc2cc(NCc3ccc(NSC(C)C)cc3)ccc2oc1=O. The van der Waals surface area contributed by atoms with Crippen molar-refractivity contribution < 1.29 is 9.21 Å². The van der Waals surface area contributed by atoms with E-state index in [1.807, 2.05) is 12.1 Å². The van der Waals surface area contributed by atoms with Crippen LogP contribution in [0.3, 0.4) is 0 Å². The number of benzene rings is 2. The molecule has 0 radical (unpaired) electrons. The Kier molecular flexibility index (Phi) is 5.86. The van der Waals surface area contributed by atoms with E-state index >= 15 is 0 Å². The fourth-order valence-electron chi connectivity index (χ4n) is 2.56. The lowest BCUT2D eigenvalue weighted by Gasteiger charge is -2.10. The van der Waals surface area contributed by atoms with E-state index in [2.05, 4.69) is 48.2 Å². The third kappa shape index (κ3) is 4.92. The fraction of sp³-hybridized carbons (Fsp3) is 0.238. The summed E-state index contributed by atoms with van der Waals surface area (Å²) in [6, 6.07) is 15.3. The zero-order valence-electron chi connectivity index (χ0n) is 15.5. The van der Waals surface area contributed by atoms with E-state index in [-0.39, 0.29) is 11.3 Å². The van der Waals surface area contributed by atoms with Crippen LogP contribution in [-0.4, -0.2) is 11.0 Å². The first-order valence-electron chi connectivity index (χ1n) is 8.75. The van der Waals surface area contributed by atoms with E-state index in [1.54, 1.807) is 24.1 Å². The number of carbonyl (C=O) groups excluding carboxylic acids is 1. The highest BCUT2D eigenvalue weighted by atomic mass is 32.2. The number of hydrogen-bond acceptors (Lipinski definition) is 6. The zero-order valence-corrected chi connectivity index (χ0v) is 16.4. The summed E-state index contributed by atoms with van der Waals surface area (Å²) in [4.78, 5) is 23.3. The highest BCUT2D eigenvalue weighted by Gasteiger charge is 2.09. The van der Waals surface area contributed by atoms with E-state index < -0.39 is 5.63 Å². The smallest absolute Gasteiger partial charge is 0.347 e. The molecule has 0 bridgehead atoms. The quantitative estimate of drug-likeness (QED) is 0.337. The number of fused-ring (bicyclic) bond motifs is 1. The molecule has 0 fully saturated rings. The summed E-state index contributed by atoms with van der Waals surface area (Å²) in [7, 11) is 0. The van der Waals surface area contributed by atoms with E-state index in [1.165, 1.54) is 6.92 Å². The Morgan fingerprint density at radius 2 is 1.78 bits per heavy atom. The minimum atomic E-state index is -0.597. The Morgan fingerprint density at radius 3 is 2.44 bits per heavy atom. The Bertz CT molecular complexity index is 1010. The molecule has 0 saturated carbocycles. The standard InChI is InChI=1S/C21H22N2O3S/c1-13(2)27-23-17-6-4-15(5-7-17)12-22-18-8-9-20-16(10-18)11-19(14(3)24)21(25)26-20/h4-11,13,22-23H,12H2,1-3H3. The van der Waals surface area contributed by atoms with Gasteiger partial charge in [-0.15, -0.1) is 0 Å². The summed E-state index contributed by atoms with van der Waals surface area (Å²) in [5.74, 6) is -0.298. The lowest BCUT2D eigenvalue weighted by Crippen LogP contribution is -2.11. The molecule has 0 aliphatic heterocycles. The minimum absolute atomic E-state index is 0.0713. The molecule has 3 rings (SSSR count). The van der Waals surface area contributed by atoms with Gasteiger partial charge in [0, 0.05) is 28.6 Å². The minimum Gasteiger partial charge on any atom is -0.422 e. The van der Waals surface area contributed by atoms with Gasteiger partial charge in [-0.25, -0.2) is 4.79 Å². The molecule has 0 spiro atoms. The molecule has 0 aliphatic rings. The summed E-state index contributed by atoms with van der Waals surface area (Å²) >= 11 is 1.68. The molecule has 27 heavy (non-hydrogen) atoms. The molecule has 0 saturated heterocycles. The number of rotatable bonds is 7. The van der Waals surface area contributed by atoms with Crippen molar-refractivity contribution in [3.05, 3.63) is 70.1 Å². The van der Waals surface area contributed by atoms with Crippen LogP contribution in [0.2, 0.25) is 0 Å². The Balaban J connectivity index is 1.70.